The van der Waals surface area contributed by atoms with E-state index in [1.165, 1.54) is 0 Å². The van der Waals surface area contributed by atoms with Crippen LogP contribution in [0, 0.1) is 5.41 Å². The molecule has 0 bridgehead atoms. The molecule has 0 fully saturated rings. The van der Waals surface area contributed by atoms with Crippen LogP contribution in [0.5, 0.6) is 0 Å². The number of esters is 1. The number of halogens is 3. The molecule has 0 rings (SSSR count). The zero-order valence-electron chi connectivity index (χ0n) is 10.8. The fraction of sp³-hybridized carbons (Fsp3) is 0.778. The molecule has 12 heteroatoms. The molecule has 0 aliphatic heterocycles. The SMILES string of the molecule is CC(CO)(CO)C(=O)OCC/C([O-])=N/S(=O)(=O)C(F)(F)F. The second-order valence-corrected chi connectivity index (χ2v) is 5.76. The van der Waals surface area contributed by atoms with Gasteiger partial charge < -0.3 is 20.1 Å². The van der Waals surface area contributed by atoms with Gasteiger partial charge in [0, 0.05) is 6.42 Å². The van der Waals surface area contributed by atoms with Crippen molar-refractivity contribution >= 4 is 21.9 Å². The van der Waals surface area contributed by atoms with Crippen molar-refractivity contribution in [1.29, 1.82) is 0 Å². The third kappa shape index (κ3) is 5.47. The van der Waals surface area contributed by atoms with Crippen LogP contribution < -0.4 is 5.11 Å². The van der Waals surface area contributed by atoms with Crippen LogP contribution in [0.2, 0.25) is 0 Å². The van der Waals surface area contributed by atoms with Gasteiger partial charge in [-0.2, -0.15) is 26.0 Å². The maximum atomic E-state index is 11.9. The van der Waals surface area contributed by atoms with Gasteiger partial charge in [-0.3, -0.25) is 4.79 Å². The fourth-order valence-corrected chi connectivity index (χ4v) is 1.28. The van der Waals surface area contributed by atoms with Crippen LogP contribution in [-0.2, 0) is 19.6 Å². The van der Waals surface area contributed by atoms with E-state index < -0.39 is 59.1 Å². The van der Waals surface area contributed by atoms with E-state index >= 15 is 0 Å². The zero-order valence-corrected chi connectivity index (χ0v) is 11.6. The number of carbonyl (C=O) groups excluding carboxylic acids is 1. The van der Waals surface area contributed by atoms with E-state index in [2.05, 4.69) is 4.74 Å². The first kappa shape index (κ1) is 19.6. The van der Waals surface area contributed by atoms with Crippen molar-refractivity contribution < 1.29 is 46.4 Å². The lowest BCUT2D eigenvalue weighted by atomic mass is 9.93. The van der Waals surface area contributed by atoms with Crippen molar-refractivity contribution in [2.75, 3.05) is 19.8 Å². The average molecular weight is 336 g/mol. The predicted octanol–water partition coefficient (Wildman–Crippen LogP) is -1.48. The second kappa shape index (κ2) is 7.04. The molecule has 0 amide bonds. The summed E-state index contributed by atoms with van der Waals surface area (Å²) in [6.07, 6.45) is -0.895. The molecule has 0 spiro atoms. The number of hydrogen-bond donors (Lipinski definition) is 2. The molecule has 0 aromatic carbocycles. The molecular formula is C9H13F3NO7S-. The molecule has 8 nitrogen and oxygen atoms in total. The largest absolute Gasteiger partial charge is 0.861 e. The summed E-state index contributed by atoms with van der Waals surface area (Å²) in [5, 5.41) is 28.7. The summed E-state index contributed by atoms with van der Waals surface area (Å²) in [4.78, 5) is 11.4. The summed E-state index contributed by atoms with van der Waals surface area (Å²) >= 11 is 0. The number of aliphatic hydroxyl groups is 2. The summed E-state index contributed by atoms with van der Waals surface area (Å²) in [6.45, 7) is -1.12. The molecule has 0 aromatic heterocycles. The molecule has 0 aliphatic carbocycles. The lowest BCUT2D eigenvalue weighted by molar-refractivity contribution is -0.219. The highest BCUT2D eigenvalue weighted by Gasteiger charge is 2.45. The predicted molar refractivity (Wildman–Crippen MR) is 60.3 cm³/mol. The molecule has 0 aromatic rings. The quantitative estimate of drug-likeness (QED) is 0.329. The number of carbonyl (C=O) groups is 1. The van der Waals surface area contributed by atoms with Gasteiger partial charge in [0.1, 0.15) is 5.41 Å². The van der Waals surface area contributed by atoms with E-state index in [-0.39, 0.29) is 0 Å². The maximum Gasteiger partial charge on any atom is 0.518 e. The van der Waals surface area contributed by atoms with Gasteiger partial charge in [0.15, 0.2) is 0 Å². The normalized spacial score (nSPS) is 14.1. The summed E-state index contributed by atoms with van der Waals surface area (Å²) in [6, 6.07) is 0. The zero-order chi connectivity index (χ0) is 16.9. The van der Waals surface area contributed by atoms with Crippen molar-refractivity contribution in [3.63, 3.8) is 0 Å². The monoisotopic (exact) mass is 336 g/mol. The molecule has 0 aliphatic rings. The third-order valence-electron chi connectivity index (χ3n) is 2.25. The number of ether oxygens (including phenoxy) is 1. The highest BCUT2D eigenvalue weighted by atomic mass is 32.2. The number of nitrogens with zero attached hydrogens (tertiary/aromatic N) is 1. The van der Waals surface area contributed by atoms with Gasteiger partial charge >= 0.3 is 21.5 Å². The Labute approximate surface area is 117 Å². The molecule has 124 valence electrons. The fourth-order valence-electron chi connectivity index (χ4n) is 0.816. The average Bonchev–Trinajstić information content (AvgIpc) is 2.35. The van der Waals surface area contributed by atoms with E-state index in [0.29, 0.717) is 0 Å². The highest BCUT2D eigenvalue weighted by Crippen LogP contribution is 2.24. The molecule has 0 unspecified atom stereocenters. The molecule has 0 atom stereocenters. The summed E-state index contributed by atoms with van der Waals surface area (Å²) < 4.78 is 63.2. The lowest BCUT2D eigenvalue weighted by Gasteiger charge is -2.22. The number of sulfonamides is 1. The molecular weight excluding hydrogens is 323 g/mol. The standard InChI is InChI=1S/C9H14F3NO7S/c1-8(4-14,5-15)7(17)20-3-2-6(16)13-21(18,19)9(10,11)12/h14-15H,2-5H2,1H3,(H,13,16)/p-1. The van der Waals surface area contributed by atoms with Crippen molar-refractivity contribution in [3.8, 4) is 0 Å². The van der Waals surface area contributed by atoms with Crippen LogP contribution in [0.1, 0.15) is 13.3 Å². The summed E-state index contributed by atoms with van der Waals surface area (Å²) in [5.41, 5.74) is -7.33. The van der Waals surface area contributed by atoms with Crippen LogP contribution in [-0.4, -0.2) is 55.8 Å². The van der Waals surface area contributed by atoms with E-state index in [4.69, 9.17) is 10.2 Å². The Kier molecular flexibility index (Phi) is 6.57. The van der Waals surface area contributed by atoms with E-state index in [1.54, 1.807) is 0 Å². The highest BCUT2D eigenvalue weighted by molar-refractivity contribution is 7.91. The molecule has 21 heavy (non-hydrogen) atoms. The van der Waals surface area contributed by atoms with Gasteiger partial charge in [0.2, 0.25) is 0 Å². The van der Waals surface area contributed by atoms with Crippen LogP contribution in [0.15, 0.2) is 4.40 Å². The number of alkyl halides is 3. The minimum atomic E-state index is -5.93. The lowest BCUT2D eigenvalue weighted by Crippen LogP contribution is -2.37. The molecule has 2 N–H and O–H groups in total. The van der Waals surface area contributed by atoms with Crippen molar-refractivity contribution in [1.82, 2.24) is 0 Å². The Bertz CT molecular complexity index is 496. The van der Waals surface area contributed by atoms with E-state index in [9.17, 15) is 31.5 Å². The first-order valence-corrected chi connectivity index (χ1v) is 6.79. The molecule has 0 saturated carbocycles. The minimum Gasteiger partial charge on any atom is -0.861 e. The Hall–Kier alpha value is -1.40. The van der Waals surface area contributed by atoms with E-state index in [0.717, 1.165) is 6.92 Å². The van der Waals surface area contributed by atoms with E-state index in [1.807, 2.05) is 4.40 Å². The molecule has 0 saturated heterocycles. The minimum absolute atomic E-state index is 0.746. The number of rotatable bonds is 7. The Morgan fingerprint density at radius 1 is 1.29 bits per heavy atom. The maximum absolute atomic E-state index is 11.9. The third-order valence-corrected chi connectivity index (χ3v) is 3.28. The number of aliphatic hydroxyl groups excluding tert-OH is 2. The van der Waals surface area contributed by atoms with Gasteiger partial charge in [-0.1, -0.05) is 0 Å². The van der Waals surface area contributed by atoms with Crippen LogP contribution in [0.3, 0.4) is 0 Å². The van der Waals surface area contributed by atoms with Gasteiger partial charge in [-0.15, -0.1) is 0 Å². The van der Waals surface area contributed by atoms with Gasteiger partial charge in [-0.05, 0) is 12.8 Å². The Morgan fingerprint density at radius 3 is 2.14 bits per heavy atom. The van der Waals surface area contributed by atoms with Gasteiger partial charge in [-0.25, -0.2) is 0 Å². The van der Waals surface area contributed by atoms with Crippen LogP contribution in [0.25, 0.3) is 0 Å². The molecule has 0 radical (unpaired) electrons. The molecule has 0 heterocycles. The topological polar surface area (TPSA) is 136 Å². The number of hydrogen-bond acceptors (Lipinski definition) is 7. The van der Waals surface area contributed by atoms with Crippen LogP contribution in [0.4, 0.5) is 13.2 Å². The summed E-state index contributed by atoms with van der Waals surface area (Å²) in [5.74, 6) is -2.74. The Morgan fingerprint density at radius 2 is 1.76 bits per heavy atom. The Balaban J connectivity index is 4.60. The smallest absolute Gasteiger partial charge is 0.518 e. The summed E-state index contributed by atoms with van der Waals surface area (Å²) in [7, 11) is -5.93. The first-order chi connectivity index (χ1) is 9.39. The van der Waals surface area contributed by atoms with Gasteiger partial charge in [0.05, 0.1) is 19.8 Å². The van der Waals surface area contributed by atoms with Gasteiger partial charge in [0.25, 0.3) is 0 Å². The van der Waals surface area contributed by atoms with Crippen molar-refractivity contribution in [2.45, 2.75) is 18.9 Å². The van der Waals surface area contributed by atoms with Crippen molar-refractivity contribution in [3.05, 3.63) is 0 Å². The van der Waals surface area contributed by atoms with Crippen LogP contribution >= 0.6 is 0 Å². The first-order valence-electron chi connectivity index (χ1n) is 5.35. The second-order valence-electron chi connectivity index (χ2n) is 4.17. The van der Waals surface area contributed by atoms with Crippen molar-refractivity contribution in [2.24, 2.45) is 9.81 Å².